The molecule has 1 atom stereocenters. The van der Waals surface area contributed by atoms with Crippen molar-refractivity contribution >= 4 is 11.5 Å². The molecule has 1 heterocycles. The normalized spacial score (nSPS) is 18.1. The third kappa shape index (κ3) is 3.40. The molecule has 1 aliphatic rings. The highest BCUT2D eigenvalue weighted by atomic mass is 16.5. The number of ether oxygens (including phenoxy) is 1. The number of carbonyl (C=O) groups is 1. The van der Waals surface area contributed by atoms with Crippen LogP contribution in [0.3, 0.4) is 0 Å². The molecule has 4 heteroatoms. The molecule has 0 fully saturated rings. The third-order valence-electron chi connectivity index (χ3n) is 3.76. The Morgan fingerprint density at radius 2 is 2.19 bits per heavy atom. The average Bonchev–Trinajstić information content (AvgIpc) is 3.08. The van der Waals surface area contributed by atoms with E-state index in [4.69, 9.17) is 4.74 Å². The molecule has 0 radical (unpaired) electrons. The van der Waals surface area contributed by atoms with E-state index in [0.29, 0.717) is 6.61 Å². The number of esters is 1. The molecule has 0 saturated heterocycles. The van der Waals surface area contributed by atoms with Gasteiger partial charge in [-0.3, -0.25) is 9.89 Å². The Morgan fingerprint density at radius 1 is 1.33 bits per heavy atom. The summed E-state index contributed by atoms with van der Waals surface area (Å²) >= 11 is 0. The summed E-state index contributed by atoms with van der Waals surface area (Å²) in [4.78, 5) is 12.2. The molecule has 108 valence electrons. The van der Waals surface area contributed by atoms with Crippen LogP contribution >= 0.6 is 0 Å². The third-order valence-corrected chi connectivity index (χ3v) is 3.76. The first-order chi connectivity index (χ1) is 10.3. The van der Waals surface area contributed by atoms with E-state index in [1.807, 2.05) is 42.6 Å². The zero-order valence-electron chi connectivity index (χ0n) is 11.8. The highest BCUT2D eigenvalue weighted by Gasteiger charge is 2.22. The van der Waals surface area contributed by atoms with Crippen LogP contribution in [0.5, 0.6) is 0 Å². The monoisotopic (exact) mass is 282 g/mol. The van der Waals surface area contributed by atoms with E-state index in [-0.39, 0.29) is 11.9 Å². The summed E-state index contributed by atoms with van der Waals surface area (Å²) in [6.07, 6.45) is 8.54. The van der Waals surface area contributed by atoms with Gasteiger partial charge in [-0.05, 0) is 30.4 Å². The van der Waals surface area contributed by atoms with E-state index in [1.165, 1.54) is 5.57 Å². The summed E-state index contributed by atoms with van der Waals surface area (Å²) in [5.41, 5.74) is 3.26. The van der Waals surface area contributed by atoms with Crippen LogP contribution in [0.2, 0.25) is 0 Å². The molecule has 0 saturated carbocycles. The fourth-order valence-electron chi connectivity index (χ4n) is 2.61. The molecule has 1 aliphatic carbocycles. The topological polar surface area (TPSA) is 55.0 Å². The SMILES string of the molecule is O=C(OCc1ccccc1)C1C=C(c2cn[nH]c2)CCC1. The number of allylic oxidation sites excluding steroid dienone is 1. The molecule has 0 aliphatic heterocycles. The van der Waals surface area contributed by atoms with Gasteiger partial charge in [0.25, 0.3) is 0 Å². The Kier molecular flexibility index (Phi) is 4.15. The first-order valence-corrected chi connectivity index (χ1v) is 7.23. The smallest absolute Gasteiger partial charge is 0.313 e. The lowest BCUT2D eigenvalue weighted by Crippen LogP contribution is -2.18. The van der Waals surface area contributed by atoms with Crippen molar-refractivity contribution in [1.29, 1.82) is 0 Å². The molecule has 1 aromatic carbocycles. The van der Waals surface area contributed by atoms with Crippen molar-refractivity contribution in [3.05, 3.63) is 59.9 Å². The molecule has 2 aromatic rings. The van der Waals surface area contributed by atoms with Crippen LogP contribution in [0.4, 0.5) is 0 Å². The lowest BCUT2D eigenvalue weighted by molar-refractivity contribution is -0.148. The molecular weight excluding hydrogens is 264 g/mol. The number of rotatable bonds is 4. The average molecular weight is 282 g/mol. The maximum atomic E-state index is 12.2. The molecule has 3 rings (SSSR count). The van der Waals surface area contributed by atoms with Gasteiger partial charge in [0.2, 0.25) is 0 Å². The highest BCUT2D eigenvalue weighted by molar-refractivity contribution is 5.79. The molecular formula is C17H18N2O2. The second-order valence-corrected chi connectivity index (χ2v) is 5.27. The van der Waals surface area contributed by atoms with Gasteiger partial charge >= 0.3 is 5.97 Å². The van der Waals surface area contributed by atoms with Crippen LogP contribution in [-0.4, -0.2) is 16.2 Å². The zero-order chi connectivity index (χ0) is 14.5. The predicted molar refractivity (Wildman–Crippen MR) is 80.1 cm³/mol. The van der Waals surface area contributed by atoms with Gasteiger partial charge in [0.05, 0.1) is 12.1 Å². The molecule has 1 N–H and O–H groups in total. The minimum absolute atomic E-state index is 0.139. The minimum Gasteiger partial charge on any atom is -0.460 e. The van der Waals surface area contributed by atoms with Crippen molar-refractivity contribution in [2.45, 2.75) is 25.9 Å². The van der Waals surface area contributed by atoms with Gasteiger partial charge in [-0.2, -0.15) is 5.10 Å². The maximum absolute atomic E-state index is 12.2. The lowest BCUT2D eigenvalue weighted by Gasteiger charge is -2.19. The molecule has 1 unspecified atom stereocenters. The second kappa shape index (κ2) is 6.39. The number of aromatic nitrogens is 2. The Labute approximate surface area is 123 Å². The second-order valence-electron chi connectivity index (χ2n) is 5.27. The molecule has 21 heavy (non-hydrogen) atoms. The number of hydrogen-bond acceptors (Lipinski definition) is 3. The number of nitrogens with one attached hydrogen (secondary N) is 1. The van der Waals surface area contributed by atoms with Crippen molar-refractivity contribution < 1.29 is 9.53 Å². The quantitative estimate of drug-likeness (QED) is 0.875. The molecule has 0 spiro atoms. The van der Waals surface area contributed by atoms with Gasteiger partial charge in [0.15, 0.2) is 0 Å². The van der Waals surface area contributed by atoms with Gasteiger partial charge in [-0.25, -0.2) is 0 Å². The summed E-state index contributed by atoms with van der Waals surface area (Å²) in [6, 6.07) is 9.76. The number of benzene rings is 1. The van der Waals surface area contributed by atoms with E-state index in [1.54, 1.807) is 6.20 Å². The van der Waals surface area contributed by atoms with Gasteiger partial charge in [-0.1, -0.05) is 36.4 Å². The van der Waals surface area contributed by atoms with E-state index < -0.39 is 0 Å². The molecule has 4 nitrogen and oxygen atoms in total. The number of H-pyrrole nitrogens is 1. The van der Waals surface area contributed by atoms with E-state index >= 15 is 0 Å². The fraction of sp³-hybridized carbons (Fsp3) is 0.294. The largest absolute Gasteiger partial charge is 0.460 e. The zero-order valence-corrected chi connectivity index (χ0v) is 11.8. The number of hydrogen-bond donors (Lipinski definition) is 1. The van der Waals surface area contributed by atoms with Crippen LogP contribution in [-0.2, 0) is 16.1 Å². The summed E-state index contributed by atoms with van der Waals surface area (Å²) in [6.45, 7) is 0.338. The Bertz CT molecular complexity index is 618. The lowest BCUT2D eigenvalue weighted by atomic mass is 9.88. The summed E-state index contributed by atoms with van der Waals surface area (Å²) in [7, 11) is 0. The first kappa shape index (κ1) is 13.6. The summed E-state index contributed by atoms with van der Waals surface area (Å²) in [5.74, 6) is -0.285. The van der Waals surface area contributed by atoms with Crippen LogP contribution in [0.25, 0.3) is 5.57 Å². The summed E-state index contributed by atoms with van der Waals surface area (Å²) in [5, 5.41) is 6.77. The number of aromatic amines is 1. The van der Waals surface area contributed by atoms with Crippen molar-refractivity contribution in [1.82, 2.24) is 10.2 Å². The van der Waals surface area contributed by atoms with Crippen molar-refractivity contribution in [2.24, 2.45) is 5.92 Å². The first-order valence-electron chi connectivity index (χ1n) is 7.23. The Balaban J connectivity index is 1.63. The standard InChI is InChI=1S/C17H18N2O2/c20-17(21-12-13-5-2-1-3-6-13)15-8-4-7-14(9-15)16-10-18-19-11-16/h1-3,5-6,9-11,15H,4,7-8,12H2,(H,18,19). The predicted octanol–water partition coefficient (Wildman–Crippen LogP) is 3.34. The molecule has 0 amide bonds. The van der Waals surface area contributed by atoms with E-state index in [0.717, 1.165) is 30.4 Å². The fourth-order valence-corrected chi connectivity index (χ4v) is 2.61. The number of carbonyl (C=O) groups excluding carboxylic acids is 1. The van der Waals surface area contributed by atoms with E-state index in [2.05, 4.69) is 10.2 Å². The number of nitrogens with zero attached hydrogens (tertiary/aromatic N) is 1. The van der Waals surface area contributed by atoms with Crippen molar-refractivity contribution in [3.63, 3.8) is 0 Å². The van der Waals surface area contributed by atoms with Gasteiger partial charge in [-0.15, -0.1) is 0 Å². The minimum atomic E-state index is -0.146. The van der Waals surface area contributed by atoms with Gasteiger partial charge < -0.3 is 4.74 Å². The Morgan fingerprint density at radius 3 is 2.95 bits per heavy atom. The Hall–Kier alpha value is -2.36. The van der Waals surface area contributed by atoms with Gasteiger partial charge in [0, 0.05) is 11.8 Å². The van der Waals surface area contributed by atoms with Crippen LogP contribution in [0.1, 0.15) is 30.4 Å². The highest BCUT2D eigenvalue weighted by Crippen LogP contribution is 2.30. The summed E-state index contributed by atoms with van der Waals surface area (Å²) < 4.78 is 5.43. The van der Waals surface area contributed by atoms with Crippen LogP contribution in [0, 0.1) is 5.92 Å². The van der Waals surface area contributed by atoms with Crippen molar-refractivity contribution in [2.75, 3.05) is 0 Å². The molecule has 1 aromatic heterocycles. The maximum Gasteiger partial charge on any atom is 0.313 e. The molecule has 0 bridgehead atoms. The van der Waals surface area contributed by atoms with E-state index in [9.17, 15) is 4.79 Å². The van der Waals surface area contributed by atoms with Crippen LogP contribution < -0.4 is 0 Å². The van der Waals surface area contributed by atoms with Crippen LogP contribution in [0.15, 0.2) is 48.8 Å². The van der Waals surface area contributed by atoms with Gasteiger partial charge in [0.1, 0.15) is 6.61 Å². The van der Waals surface area contributed by atoms with Crippen molar-refractivity contribution in [3.8, 4) is 0 Å².